The molecule has 1 aliphatic heterocycles. The molecule has 1 N–H and O–H groups in total. The Morgan fingerprint density at radius 1 is 1.47 bits per heavy atom. The van der Waals surface area contributed by atoms with Gasteiger partial charge >= 0.3 is 4.87 Å². The minimum atomic E-state index is -0.186. The summed E-state index contributed by atoms with van der Waals surface area (Å²) in [7, 11) is 1.55. The largest absolute Gasteiger partial charge is 0.493 e. The van der Waals surface area contributed by atoms with Gasteiger partial charge in [-0.1, -0.05) is 27.3 Å². The molecule has 0 amide bonds. The zero-order valence-corrected chi connectivity index (χ0v) is 12.3. The van der Waals surface area contributed by atoms with Crippen LogP contribution in [0.15, 0.2) is 32.5 Å². The van der Waals surface area contributed by atoms with E-state index in [2.05, 4.69) is 20.9 Å². The van der Waals surface area contributed by atoms with E-state index in [9.17, 15) is 9.90 Å². The summed E-state index contributed by atoms with van der Waals surface area (Å²) in [6.07, 6.45) is 3.52. The number of fused-ring (bicyclic) bond motifs is 1. The summed E-state index contributed by atoms with van der Waals surface area (Å²) in [6, 6.07) is 5.82. The average molecular weight is 337 g/mol. The molecule has 4 nitrogen and oxygen atoms in total. The Morgan fingerprint density at radius 3 is 2.95 bits per heavy atom. The van der Waals surface area contributed by atoms with E-state index in [-0.39, 0.29) is 10.8 Å². The second-order valence-electron chi connectivity index (χ2n) is 4.13. The molecule has 19 heavy (non-hydrogen) atoms. The van der Waals surface area contributed by atoms with Crippen LogP contribution in [-0.4, -0.2) is 15.9 Å². The molecule has 6 heteroatoms. The van der Waals surface area contributed by atoms with E-state index in [1.165, 1.54) is 4.57 Å². The maximum atomic E-state index is 11.5. The highest BCUT2D eigenvalue weighted by atomic mass is 79.9. The van der Waals surface area contributed by atoms with Crippen LogP contribution in [0.3, 0.4) is 0 Å². The summed E-state index contributed by atoms with van der Waals surface area (Å²) in [5, 5.41) is 9.86. The number of thiazole rings is 1. The summed E-state index contributed by atoms with van der Waals surface area (Å²) in [5.74, 6) is -0.0145. The fourth-order valence-corrected chi connectivity index (χ4v) is 3.06. The Hall–Kier alpha value is -1.66. The van der Waals surface area contributed by atoms with Crippen molar-refractivity contribution in [2.45, 2.75) is 0 Å². The van der Waals surface area contributed by atoms with E-state index in [1.807, 2.05) is 18.2 Å². The van der Waals surface area contributed by atoms with Gasteiger partial charge < -0.3 is 5.11 Å². The molecule has 0 saturated heterocycles. The van der Waals surface area contributed by atoms with Crippen LogP contribution in [0.2, 0.25) is 0 Å². The van der Waals surface area contributed by atoms with E-state index in [4.69, 9.17) is 0 Å². The van der Waals surface area contributed by atoms with Gasteiger partial charge in [0.05, 0.1) is 10.6 Å². The van der Waals surface area contributed by atoms with Crippen molar-refractivity contribution < 1.29 is 5.11 Å². The van der Waals surface area contributed by atoms with Gasteiger partial charge in [0.25, 0.3) is 0 Å². The van der Waals surface area contributed by atoms with Gasteiger partial charge in [0, 0.05) is 28.9 Å². The summed E-state index contributed by atoms with van der Waals surface area (Å²) in [5.41, 5.74) is 2.75. The number of allylic oxidation sites excluding steroid dienone is 1. The molecule has 1 aromatic heterocycles. The van der Waals surface area contributed by atoms with E-state index >= 15 is 0 Å². The predicted octanol–water partition coefficient (Wildman–Crippen LogP) is 3.17. The Morgan fingerprint density at radius 2 is 2.26 bits per heavy atom. The monoisotopic (exact) mass is 336 g/mol. The van der Waals surface area contributed by atoms with Crippen molar-refractivity contribution in [2.75, 3.05) is 0 Å². The molecule has 0 fully saturated rings. The first-order valence-electron chi connectivity index (χ1n) is 5.51. The summed E-state index contributed by atoms with van der Waals surface area (Å²) in [4.78, 5) is 16.1. The van der Waals surface area contributed by atoms with Crippen LogP contribution in [0.25, 0.3) is 11.6 Å². The highest BCUT2D eigenvalue weighted by Gasteiger charge is 2.15. The molecule has 2 heterocycles. The van der Waals surface area contributed by atoms with Crippen LogP contribution in [0.4, 0.5) is 5.69 Å². The van der Waals surface area contributed by atoms with Gasteiger partial charge in [-0.25, -0.2) is 0 Å². The lowest BCUT2D eigenvalue weighted by Gasteiger charge is -2.00. The molecule has 0 aliphatic carbocycles. The Bertz CT molecular complexity index is 786. The van der Waals surface area contributed by atoms with Crippen LogP contribution in [-0.2, 0) is 7.05 Å². The van der Waals surface area contributed by atoms with Gasteiger partial charge in [-0.15, -0.1) is 0 Å². The number of aromatic hydroxyl groups is 1. The molecule has 0 atom stereocenters. The van der Waals surface area contributed by atoms with Crippen LogP contribution in [0.1, 0.15) is 10.4 Å². The third-order valence-electron chi connectivity index (χ3n) is 2.91. The van der Waals surface area contributed by atoms with Crippen LogP contribution in [0.5, 0.6) is 5.88 Å². The first kappa shape index (κ1) is 12.4. The lowest BCUT2D eigenvalue weighted by Crippen LogP contribution is -2.05. The van der Waals surface area contributed by atoms with Gasteiger partial charge in [0.15, 0.2) is 0 Å². The van der Waals surface area contributed by atoms with E-state index in [1.54, 1.807) is 19.3 Å². The number of aromatic nitrogens is 1. The van der Waals surface area contributed by atoms with Gasteiger partial charge in [0.2, 0.25) is 5.88 Å². The smallest absolute Gasteiger partial charge is 0.310 e. The van der Waals surface area contributed by atoms with Crippen LogP contribution < -0.4 is 4.87 Å². The first-order valence-corrected chi connectivity index (χ1v) is 7.11. The molecule has 3 rings (SSSR count). The van der Waals surface area contributed by atoms with Gasteiger partial charge in [-0.05, 0) is 24.3 Å². The van der Waals surface area contributed by atoms with E-state index in [0.717, 1.165) is 32.6 Å². The first-order chi connectivity index (χ1) is 9.06. The maximum absolute atomic E-state index is 11.5. The molecule has 2 aromatic rings. The average Bonchev–Trinajstić information content (AvgIpc) is 2.88. The van der Waals surface area contributed by atoms with Gasteiger partial charge in [-0.2, -0.15) is 0 Å². The molecule has 0 radical (unpaired) electrons. The molecule has 0 saturated carbocycles. The predicted molar refractivity (Wildman–Crippen MR) is 81.4 cm³/mol. The maximum Gasteiger partial charge on any atom is 0.310 e. The van der Waals surface area contributed by atoms with Crippen molar-refractivity contribution in [1.82, 2.24) is 4.57 Å². The van der Waals surface area contributed by atoms with Crippen molar-refractivity contribution in [1.29, 1.82) is 0 Å². The fourth-order valence-electron chi connectivity index (χ4n) is 1.87. The number of nitrogens with zero attached hydrogens (tertiary/aromatic N) is 2. The van der Waals surface area contributed by atoms with Gasteiger partial charge in [-0.3, -0.25) is 14.4 Å². The molecular formula is C13H9BrN2O2S. The summed E-state index contributed by atoms with van der Waals surface area (Å²) >= 11 is 4.44. The summed E-state index contributed by atoms with van der Waals surface area (Å²) < 4.78 is 2.19. The number of hydrogen-bond acceptors (Lipinski definition) is 4. The van der Waals surface area contributed by atoms with Crippen molar-refractivity contribution in [2.24, 2.45) is 12.0 Å². The second-order valence-corrected chi connectivity index (χ2v) is 6.04. The Balaban J connectivity index is 2.13. The number of aliphatic imine (C=N–C) groups is 1. The van der Waals surface area contributed by atoms with Crippen molar-refractivity contribution in [3.05, 3.63) is 42.8 Å². The number of rotatable bonds is 1. The molecule has 0 unspecified atom stereocenters. The number of halogens is 1. The third kappa shape index (κ3) is 2.06. The minimum Gasteiger partial charge on any atom is -0.493 e. The van der Waals surface area contributed by atoms with E-state index in [0.29, 0.717) is 4.88 Å². The normalized spacial score (nSPS) is 15.2. The van der Waals surface area contributed by atoms with Crippen molar-refractivity contribution >= 4 is 50.8 Å². The van der Waals surface area contributed by atoms with Crippen molar-refractivity contribution in [3.63, 3.8) is 0 Å². The lowest BCUT2D eigenvalue weighted by atomic mass is 10.1. The van der Waals surface area contributed by atoms with Crippen LogP contribution >= 0.6 is 27.3 Å². The third-order valence-corrected chi connectivity index (χ3v) is 4.37. The number of hydrogen-bond donors (Lipinski definition) is 1. The Kier molecular flexibility index (Phi) is 2.91. The molecule has 96 valence electrons. The zero-order valence-electron chi connectivity index (χ0n) is 9.92. The quantitative estimate of drug-likeness (QED) is 0.869. The summed E-state index contributed by atoms with van der Waals surface area (Å²) in [6.45, 7) is 0. The van der Waals surface area contributed by atoms with E-state index < -0.39 is 0 Å². The highest BCUT2D eigenvalue weighted by molar-refractivity contribution is 9.10. The van der Waals surface area contributed by atoms with Crippen LogP contribution in [0, 0.1) is 0 Å². The number of benzene rings is 1. The Labute approximate surface area is 121 Å². The van der Waals surface area contributed by atoms with Crippen molar-refractivity contribution in [3.8, 4) is 5.88 Å². The highest BCUT2D eigenvalue weighted by Crippen LogP contribution is 2.35. The molecule has 1 aromatic carbocycles. The minimum absolute atomic E-state index is 0.0145. The topological polar surface area (TPSA) is 54.6 Å². The fraction of sp³-hybridized carbons (Fsp3) is 0.0769. The zero-order chi connectivity index (χ0) is 13.6. The second kappa shape index (κ2) is 4.47. The SMILES string of the molecule is Cn1c(O)c(C=C2C=Nc3ccc(Br)cc32)sc1=O. The molecule has 0 spiro atoms. The van der Waals surface area contributed by atoms with Gasteiger partial charge in [0.1, 0.15) is 0 Å². The lowest BCUT2D eigenvalue weighted by molar-refractivity contribution is 0.428. The molecular weight excluding hydrogens is 328 g/mol. The molecule has 1 aliphatic rings. The molecule has 0 bridgehead atoms. The standard InChI is InChI=1S/C13H9BrN2O2S/c1-16-12(17)11(19-13(16)18)4-7-6-15-10-3-2-8(14)5-9(7)10/h2-6,17H,1H3.